The molecule has 3 nitrogen and oxygen atoms in total. The first-order valence-electron chi connectivity index (χ1n) is 5.08. The first kappa shape index (κ1) is 13.0. The molecule has 1 aromatic rings. The van der Waals surface area contributed by atoms with Crippen molar-refractivity contribution in [3.63, 3.8) is 0 Å². The summed E-state index contributed by atoms with van der Waals surface area (Å²) >= 11 is 1.34. The van der Waals surface area contributed by atoms with Gasteiger partial charge in [0.05, 0.1) is 9.82 Å². The molecule has 0 saturated carbocycles. The maximum atomic E-state index is 13.2. The molecule has 0 N–H and O–H groups in total. The number of nitro groups is 1. The van der Waals surface area contributed by atoms with Crippen LogP contribution in [0.3, 0.4) is 0 Å². The Morgan fingerprint density at radius 1 is 1.50 bits per heavy atom. The zero-order valence-corrected chi connectivity index (χ0v) is 10.1. The lowest BCUT2D eigenvalue weighted by molar-refractivity contribution is -0.390. The summed E-state index contributed by atoms with van der Waals surface area (Å²) in [7, 11) is 0. The molecule has 0 amide bonds. The fraction of sp³-hybridized carbons (Fsp3) is 0.455. The molecule has 1 aromatic carbocycles. The molecule has 0 unspecified atom stereocenters. The predicted octanol–water partition coefficient (Wildman–Crippen LogP) is 3.87. The van der Waals surface area contributed by atoms with Gasteiger partial charge in [-0.25, -0.2) is 0 Å². The van der Waals surface area contributed by atoms with Crippen LogP contribution in [0.15, 0.2) is 23.1 Å². The van der Waals surface area contributed by atoms with E-state index >= 15 is 0 Å². The lowest BCUT2D eigenvalue weighted by Gasteiger charge is -2.05. The molecule has 0 atom stereocenters. The highest BCUT2D eigenvalue weighted by molar-refractivity contribution is 7.99. The number of halogens is 1. The van der Waals surface area contributed by atoms with Crippen molar-refractivity contribution in [3.8, 4) is 0 Å². The SMILES string of the molecule is CC(C)CCSc1cccc(F)c1[N+](=O)[O-]. The van der Waals surface area contributed by atoms with Gasteiger partial charge in [0.15, 0.2) is 0 Å². The van der Waals surface area contributed by atoms with Crippen LogP contribution in [0.4, 0.5) is 10.1 Å². The summed E-state index contributed by atoms with van der Waals surface area (Å²) in [6.07, 6.45) is 0.957. The molecule has 1 rings (SSSR count). The van der Waals surface area contributed by atoms with Gasteiger partial charge in [-0.1, -0.05) is 19.9 Å². The smallest absolute Gasteiger partial charge is 0.258 e. The van der Waals surface area contributed by atoms with Crippen LogP contribution in [0.1, 0.15) is 20.3 Å². The first-order chi connectivity index (χ1) is 7.52. The molecule has 0 aliphatic rings. The van der Waals surface area contributed by atoms with Gasteiger partial charge in [0.2, 0.25) is 5.82 Å². The van der Waals surface area contributed by atoms with Crippen LogP contribution in [-0.2, 0) is 0 Å². The van der Waals surface area contributed by atoms with E-state index in [1.54, 1.807) is 6.07 Å². The van der Waals surface area contributed by atoms with Crippen LogP contribution < -0.4 is 0 Å². The Kier molecular flexibility index (Phi) is 4.73. The van der Waals surface area contributed by atoms with Crippen molar-refractivity contribution in [1.82, 2.24) is 0 Å². The first-order valence-corrected chi connectivity index (χ1v) is 6.06. The third-order valence-electron chi connectivity index (χ3n) is 2.09. The maximum Gasteiger partial charge on any atom is 0.318 e. The molecular weight excluding hydrogens is 229 g/mol. The van der Waals surface area contributed by atoms with Crippen molar-refractivity contribution in [2.75, 3.05) is 5.75 Å². The molecule has 16 heavy (non-hydrogen) atoms. The van der Waals surface area contributed by atoms with Crippen molar-refractivity contribution < 1.29 is 9.31 Å². The minimum absolute atomic E-state index is 0.406. The van der Waals surface area contributed by atoms with Crippen molar-refractivity contribution in [1.29, 1.82) is 0 Å². The monoisotopic (exact) mass is 243 g/mol. The number of nitrogens with zero attached hydrogens (tertiary/aromatic N) is 1. The maximum absolute atomic E-state index is 13.2. The molecule has 0 bridgehead atoms. The quantitative estimate of drug-likeness (QED) is 0.448. The van der Waals surface area contributed by atoms with E-state index in [9.17, 15) is 14.5 Å². The van der Waals surface area contributed by atoms with Crippen LogP contribution in [0.5, 0.6) is 0 Å². The molecule has 0 fully saturated rings. The van der Waals surface area contributed by atoms with Gasteiger partial charge in [0, 0.05) is 0 Å². The number of hydrogen-bond acceptors (Lipinski definition) is 3. The highest BCUT2D eigenvalue weighted by atomic mass is 32.2. The van der Waals surface area contributed by atoms with Gasteiger partial charge in [0.25, 0.3) is 0 Å². The molecule has 0 heterocycles. The van der Waals surface area contributed by atoms with Gasteiger partial charge < -0.3 is 0 Å². The zero-order chi connectivity index (χ0) is 12.1. The van der Waals surface area contributed by atoms with Gasteiger partial charge in [0.1, 0.15) is 0 Å². The van der Waals surface area contributed by atoms with E-state index in [2.05, 4.69) is 13.8 Å². The average molecular weight is 243 g/mol. The van der Waals surface area contributed by atoms with Crippen molar-refractivity contribution in [2.24, 2.45) is 5.92 Å². The third kappa shape index (κ3) is 3.48. The standard InChI is InChI=1S/C11H14FNO2S/c1-8(2)6-7-16-10-5-3-4-9(12)11(10)13(14)15/h3-5,8H,6-7H2,1-2H3. The second-order valence-corrected chi connectivity index (χ2v) is 5.01. The number of nitro benzene ring substituents is 1. The van der Waals surface area contributed by atoms with Gasteiger partial charge in [-0.05, 0) is 30.2 Å². The van der Waals surface area contributed by atoms with E-state index in [1.807, 2.05) is 0 Å². The summed E-state index contributed by atoms with van der Waals surface area (Å²) in [4.78, 5) is 10.4. The number of rotatable bonds is 5. The highest BCUT2D eigenvalue weighted by Crippen LogP contribution is 2.32. The Morgan fingerprint density at radius 2 is 2.19 bits per heavy atom. The molecule has 88 valence electrons. The molecular formula is C11H14FNO2S. The van der Waals surface area contributed by atoms with E-state index in [1.165, 1.54) is 17.8 Å². The Bertz CT molecular complexity index is 382. The van der Waals surface area contributed by atoms with Crippen LogP contribution in [0, 0.1) is 21.8 Å². The molecule has 0 aliphatic heterocycles. The second kappa shape index (κ2) is 5.84. The van der Waals surface area contributed by atoms with Gasteiger partial charge in [-0.15, -0.1) is 11.8 Å². The van der Waals surface area contributed by atoms with E-state index in [-0.39, 0.29) is 0 Å². The van der Waals surface area contributed by atoms with Gasteiger partial charge >= 0.3 is 5.69 Å². The highest BCUT2D eigenvalue weighted by Gasteiger charge is 2.19. The zero-order valence-electron chi connectivity index (χ0n) is 9.27. The van der Waals surface area contributed by atoms with Crippen molar-refractivity contribution in [2.45, 2.75) is 25.2 Å². The van der Waals surface area contributed by atoms with E-state index in [4.69, 9.17) is 0 Å². The minimum Gasteiger partial charge on any atom is -0.258 e. The number of benzene rings is 1. The second-order valence-electron chi connectivity index (χ2n) is 3.87. The number of hydrogen-bond donors (Lipinski definition) is 0. The lowest BCUT2D eigenvalue weighted by Crippen LogP contribution is -1.96. The summed E-state index contributed by atoms with van der Waals surface area (Å²) < 4.78 is 13.2. The van der Waals surface area contributed by atoms with Crippen LogP contribution in [0.25, 0.3) is 0 Å². The summed E-state index contributed by atoms with van der Waals surface area (Å²) in [6, 6.07) is 4.21. The van der Waals surface area contributed by atoms with Crippen molar-refractivity contribution >= 4 is 17.4 Å². The predicted molar refractivity (Wildman–Crippen MR) is 63.2 cm³/mol. The van der Waals surface area contributed by atoms with Gasteiger partial charge in [-0.2, -0.15) is 4.39 Å². The molecule has 0 radical (unpaired) electrons. The lowest BCUT2D eigenvalue weighted by atomic mass is 10.2. The molecule has 0 aliphatic carbocycles. The Labute approximate surface area is 98.2 Å². The molecule has 0 aromatic heterocycles. The van der Waals surface area contributed by atoms with Crippen molar-refractivity contribution in [3.05, 3.63) is 34.1 Å². The summed E-state index contributed by atoms with van der Waals surface area (Å²) in [5.74, 6) is 0.543. The Morgan fingerprint density at radius 3 is 2.75 bits per heavy atom. The summed E-state index contributed by atoms with van der Waals surface area (Å²) in [6.45, 7) is 4.17. The fourth-order valence-electron chi connectivity index (χ4n) is 1.19. The Hall–Kier alpha value is -1.10. The van der Waals surface area contributed by atoms with E-state index < -0.39 is 16.4 Å². The topological polar surface area (TPSA) is 43.1 Å². The van der Waals surface area contributed by atoms with Gasteiger partial charge in [-0.3, -0.25) is 10.1 Å². The minimum atomic E-state index is -0.764. The van der Waals surface area contributed by atoms with Crippen LogP contribution in [-0.4, -0.2) is 10.7 Å². The number of thioether (sulfide) groups is 1. The van der Waals surface area contributed by atoms with Crippen LogP contribution in [0.2, 0.25) is 0 Å². The Balaban J connectivity index is 2.79. The molecule has 0 saturated heterocycles. The molecule has 0 spiro atoms. The third-order valence-corrected chi connectivity index (χ3v) is 3.17. The summed E-state index contributed by atoms with van der Waals surface area (Å²) in [5.41, 5.74) is -0.406. The van der Waals surface area contributed by atoms with E-state index in [0.717, 1.165) is 18.2 Å². The average Bonchev–Trinajstić information content (AvgIpc) is 2.16. The fourth-order valence-corrected chi connectivity index (χ4v) is 2.49. The largest absolute Gasteiger partial charge is 0.318 e. The summed E-state index contributed by atoms with van der Waals surface area (Å²) in [5, 5.41) is 10.7. The number of para-hydroxylation sites is 1. The van der Waals surface area contributed by atoms with E-state index in [0.29, 0.717) is 10.8 Å². The normalized spacial score (nSPS) is 10.8. The van der Waals surface area contributed by atoms with Crippen LogP contribution >= 0.6 is 11.8 Å². The molecule has 5 heteroatoms.